The molecule has 0 aliphatic heterocycles. The molecule has 2 rings (SSSR count). The molecule has 0 saturated carbocycles. The van der Waals surface area contributed by atoms with Gasteiger partial charge >= 0.3 is 0 Å². The van der Waals surface area contributed by atoms with E-state index in [1.54, 1.807) is 12.3 Å². The van der Waals surface area contributed by atoms with Crippen LogP contribution in [0.2, 0.25) is 5.15 Å². The van der Waals surface area contributed by atoms with Gasteiger partial charge in [-0.15, -0.1) is 0 Å². The summed E-state index contributed by atoms with van der Waals surface area (Å²) in [5.41, 5.74) is 1.90. The summed E-state index contributed by atoms with van der Waals surface area (Å²) in [6, 6.07) is 3.62. The molecule has 0 aliphatic rings. The van der Waals surface area contributed by atoms with E-state index in [2.05, 4.69) is 9.97 Å². The van der Waals surface area contributed by atoms with Crippen LogP contribution in [-0.2, 0) is 6.42 Å². The standard InChI is InChI=1S/C11H11ClN2O/c1-3-8-7(2)10(12)14-11(13-8)9-5-4-6-15-9/h4-6H,3H2,1-2H3. The van der Waals surface area contributed by atoms with Crippen LogP contribution in [0.25, 0.3) is 11.6 Å². The lowest BCUT2D eigenvalue weighted by Crippen LogP contribution is -1.98. The number of aryl methyl sites for hydroxylation is 1. The molecule has 2 aromatic heterocycles. The number of aromatic nitrogens is 2. The van der Waals surface area contributed by atoms with Gasteiger partial charge in [-0.05, 0) is 25.5 Å². The van der Waals surface area contributed by atoms with Crippen LogP contribution >= 0.6 is 11.6 Å². The Morgan fingerprint density at radius 3 is 2.80 bits per heavy atom. The molecule has 0 fully saturated rings. The lowest BCUT2D eigenvalue weighted by atomic mass is 10.2. The van der Waals surface area contributed by atoms with E-state index in [0.717, 1.165) is 17.7 Å². The van der Waals surface area contributed by atoms with Gasteiger partial charge in [0, 0.05) is 11.3 Å². The normalized spacial score (nSPS) is 10.6. The number of furan rings is 1. The Labute approximate surface area is 93.1 Å². The van der Waals surface area contributed by atoms with Gasteiger partial charge in [-0.3, -0.25) is 0 Å². The van der Waals surface area contributed by atoms with Gasteiger partial charge in [0.15, 0.2) is 11.6 Å². The van der Waals surface area contributed by atoms with E-state index < -0.39 is 0 Å². The van der Waals surface area contributed by atoms with Crippen molar-refractivity contribution >= 4 is 11.6 Å². The van der Waals surface area contributed by atoms with Crippen molar-refractivity contribution in [1.82, 2.24) is 9.97 Å². The van der Waals surface area contributed by atoms with E-state index in [-0.39, 0.29) is 0 Å². The van der Waals surface area contributed by atoms with E-state index in [1.165, 1.54) is 0 Å². The Balaban J connectivity index is 2.55. The summed E-state index contributed by atoms with van der Waals surface area (Å²) in [4.78, 5) is 8.59. The molecule has 0 aliphatic carbocycles. The van der Waals surface area contributed by atoms with Gasteiger partial charge in [0.05, 0.1) is 6.26 Å². The van der Waals surface area contributed by atoms with Gasteiger partial charge in [-0.2, -0.15) is 0 Å². The molecule has 2 aromatic rings. The predicted molar refractivity (Wildman–Crippen MR) is 58.9 cm³/mol. The monoisotopic (exact) mass is 222 g/mol. The highest BCUT2D eigenvalue weighted by Crippen LogP contribution is 2.22. The van der Waals surface area contributed by atoms with Crippen LogP contribution in [0, 0.1) is 6.92 Å². The molecular formula is C11H11ClN2O. The maximum absolute atomic E-state index is 6.02. The number of hydrogen-bond donors (Lipinski definition) is 0. The van der Waals surface area contributed by atoms with Gasteiger partial charge in [-0.25, -0.2) is 9.97 Å². The van der Waals surface area contributed by atoms with Gasteiger partial charge in [0.2, 0.25) is 0 Å². The Morgan fingerprint density at radius 1 is 1.40 bits per heavy atom. The second kappa shape index (κ2) is 4.03. The maximum atomic E-state index is 6.02. The third-order valence-electron chi connectivity index (χ3n) is 2.26. The fraction of sp³-hybridized carbons (Fsp3) is 0.273. The Kier molecular flexibility index (Phi) is 2.73. The first-order valence-corrected chi connectivity index (χ1v) is 5.17. The molecule has 2 heterocycles. The second-order valence-corrected chi connectivity index (χ2v) is 3.60. The first kappa shape index (κ1) is 10.2. The van der Waals surface area contributed by atoms with Crippen molar-refractivity contribution in [2.45, 2.75) is 20.3 Å². The minimum absolute atomic E-state index is 0.494. The quantitative estimate of drug-likeness (QED) is 0.733. The van der Waals surface area contributed by atoms with Gasteiger partial charge < -0.3 is 4.42 Å². The van der Waals surface area contributed by atoms with Crippen LogP contribution in [-0.4, -0.2) is 9.97 Å². The summed E-state index contributed by atoms with van der Waals surface area (Å²) >= 11 is 6.02. The molecule has 0 spiro atoms. The summed E-state index contributed by atoms with van der Waals surface area (Å²) in [7, 11) is 0. The fourth-order valence-corrected chi connectivity index (χ4v) is 1.58. The molecule has 0 N–H and O–H groups in total. The molecule has 0 unspecified atom stereocenters. The molecule has 78 valence electrons. The zero-order valence-electron chi connectivity index (χ0n) is 8.62. The van der Waals surface area contributed by atoms with E-state index >= 15 is 0 Å². The van der Waals surface area contributed by atoms with E-state index in [1.807, 2.05) is 19.9 Å². The lowest BCUT2D eigenvalue weighted by molar-refractivity contribution is 0.576. The van der Waals surface area contributed by atoms with Crippen molar-refractivity contribution in [1.29, 1.82) is 0 Å². The number of hydrogen-bond acceptors (Lipinski definition) is 3. The van der Waals surface area contributed by atoms with Crippen molar-refractivity contribution in [3.8, 4) is 11.6 Å². The minimum Gasteiger partial charge on any atom is -0.461 e. The van der Waals surface area contributed by atoms with Gasteiger partial charge in [-0.1, -0.05) is 18.5 Å². The maximum Gasteiger partial charge on any atom is 0.197 e. The third kappa shape index (κ3) is 1.88. The highest BCUT2D eigenvalue weighted by molar-refractivity contribution is 6.30. The van der Waals surface area contributed by atoms with Gasteiger partial charge in [0.1, 0.15) is 5.15 Å². The van der Waals surface area contributed by atoms with Crippen LogP contribution in [0.5, 0.6) is 0 Å². The van der Waals surface area contributed by atoms with E-state index in [9.17, 15) is 0 Å². The number of halogens is 1. The number of rotatable bonds is 2. The first-order valence-electron chi connectivity index (χ1n) is 4.79. The van der Waals surface area contributed by atoms with Crippen LogP contribution in [0.3, 0.4) is 0 Å². The molecule has 0 radical (unpaired) electrons. The minimum atomic E-state index is 0.494. The molecule has 15 heavy (non-hydrogen) atoms. The fourth-order valence-electron chi connectivity index (χ4n) is 1.39. The van der Waals surface area contributed by atoms with Crippen LogP contribution in [0.4, 0.5) is 0 Å². The summed E-state index contributed by atoms with van der Waals surface area (Å²) in [5, 5.41) is 0.494. The molecule has 0 bridgehead atoms. The average Bonchev–Trinajstić information content (AvgIpc) is 2.75. The summed E-state index contributed by atoms with van der Waals surface area (Å²) in [5.74, 6) is 1.19. The van der Waals surface area contributed by atoms with Crippen molar-refractivity contribution in [3.05, 3.63) is 34.8 Å². The van der Waals surface area contributed by atoms with Crippen molar-refractivity contribution in [3.63, 3.8) is 0 Å². The third-order valence-corrected chi connectivity index (χ3v) is 2.63. The molecular weight excluding hydrogens is 212 g/mol. The molecule has 0 saturated heterocycles. The summed E-state index contributed by atoms with van der Waals surface area (Å²) in [6.07, 6.45) is 2.43. The van der Waals surface area contributed by atoms with Crippen molar-refractivity contribution in [2.24, 2.45) is 0 Å². The highest BCUT2D eigenvalue weighted by Gasteiger charge is 2.10. The zero-order valence-corrected chi connectivity index (χ0v) is 9.38. The van der Waals surface area contributed by atoms with E-state index in [4.69, 9.17) is 16.0 Å². The molecule has 0 aromatic carbocycles. The molecule has 3 nitrogen and oxygen atoms in total. The zero-order chi connectivity index (χ0) is 10.8. The van der Waals surface area contributed by atoms with Crippen molar-refractivity contribution < 1.29 is 4.42 Å². The molecule has 0 amide bonds. The Morgan fingerprint density at radius 2 is 2.20 bits per heavy atom. The SMILES string of the molecule is CCc1nc(-c2ccco2)nc(Cl)c1C. The van der Waals surface area contributed by atoms with E-state index in [0.29, 0.717) is 16.7 Å². The molecule has 4 heteroatoms. The smallest absolute Gasteiger partial charge is 0.197 e. The Hall–Kier alpha value is -1.35. The van der Waals surface area contributed by atoms with Crippen molar-refractivity contribution in [2.75, 3.05) is 0 Å². The largest absolute Gasteiger partial charge is 0.461 e. The topological polar surface area (TPSA) is 38.9 Å². The summed E-state index contributed by atoms with van der Waals surface area (Å²) in [6.45, 7) is 3.96. The van der Waals surface area contributed by atoms with Crippen LogP contribution in [0.1, 0.15) is 18.2 Å². The second-order valence-electron chi connectivity index (χ2n) is 3.24. The number of nitrogens with zero attached hydrogens (tertiary/aromatic N) is 2. The van der Waals surface area contributed by atoms with Crippen LogP contribution < -0.4 is 0 Å². The van der Waals surface area contributed by atoms with Gasteiger partial charge in [0.25, 0.3) is 0 Å². The Bertz CT molecular complexity index is 466. The first-order chi connectivity index (χ1) is 7.22. The average molecular weight is 223 g/mol. The van der Waals surface area contributed by atoms with Crippen LogP contribution in [0.15, 0.2) is 22.8 Å². The highest BCUT2D eigenvalue weighted by atomic mass is 35.5. The predicted octanol–water partition coefficient (Wildman–Crippen LogP) is 3.26. The lowest BCUT2D eigenvalue weighted by Gasteiger charge is -2.05. The molecule has 0 atom stereocenters. The summed E-state index contributed by atoms with van der Waals surface area (Å²) < 4.78 is 5.23.